The van der Waals surface area contributed by atoms with Crippen LogP contribution in [-0.2, 0) is 0 Å². The number of nitro groups is 1. The van der Waals surface area contributed by atoms with Gasteiger partial charge in [-0.25, -0.2) is 0 Å². The van der Waals surface area contributed by atoms with Crippen LogP contribution in [0.3, 0.4) is 0 Å². The van der Waals surface area contributed by atoms with E-state index >= 15 is 0 Å². The summed E-state index contributed by atoms with van der Waals surface area (Å²) in [5.74, 6) is 0.406. The molecular formula is C17H19N3O3S. The van der Waals surface area contributed by atoms with E-state index in [1.165, 1.54) is 17.4 Å². The van der Waals surface area contributed by atoms with Crippen molar-refractivity contribution in [3.63, 3.8) is 0 Å². The lowest BCUT2D eigenvalue weighted by Crippen LogP contribution is -2.33. The third-order valence-corrected chi connectivity index (χ3v) is 5.17. The molecule has 1 fully saturated rings. The van der Waals surface area contributed by atoms with Gasteiger partial charge in [-0.15, -0.1) is 11.3 Å². The Hall–Kier alpha value is -2.41. The van der Waals surface area contributed by atoms with E-state index in [-0.39, 0.29) is 16.5 Å². The summed E-state index contributed by atoms with van der Waals surface area (Å²) in [6.45, 7) is 3.85. The Labute approximate surface area is 144 Å². The van der Waals surface area contributed by atoms with E-state index < -0.39 is 0 Å². The smallest absolute Gasteiger partial charge is 0.294 e. The normalized spacial score (nSPS) is 15.3. The van der Waals surface area contributed by atoms with Crippen molar-refractivity contribution in [1.29, 1.82) is 0 Å². The highest BCUT2D eigenvalue weighted by Crippen LogP contribution is 2.33. The first-order chi connectivity index (χ1) is 11.5. The lowest BCUT2D eigenvalue weighted by atomic mass is 9.98. The van der Waals surface area contributed by atoms with Gasteiger partial charge in [0.05, 0.1) is 9.80 Å². The first kappa shape index (κ1) is 16.4. The average molecular weight is 345 g/mol. The maximum absolute atomic E-state index is 12.1. The van der Waals surface area contributed by atoms with Gasteiger partial charge in [0.25, 0.3) is 11.6 Å². The zero-order chi connectivity index (χ0) is 17.1. The number of piperidine rings is 1. The van der Waals surface area contributed by atoms with Gasteiger partial charge >= 0.3 is 0 Å². The molecule has 1 aromatic heterocycles. The molecule has 0 atom stereocenters. The lowest BCUT2D eigenvalue weighted by Gasteiger charge is -2.31. The maximum Gasteiger partial charge on any atom is 0.294 e. The van der Waals surface area contributed by atoms with Crippen LogP contribution in [0, 0.1) is 16.0 Å². The fourth-order valence-corrected chi connectivity index (χ4v) is 3.48. The number of rotatable bonds is 4. The largest absolute Gasteiger partial charge is 0.366 e. The van der Waals surface area contributed by atoms with Crippen molar-refractivity contribution in [2.45, 2.75) is 19.8 Å². The van der Waals surface area contributed by atoms with Crippen molar-refractivity contribution >= 4 is 34.3 Å². The molecule has 126 valence electrons. The van der Waals surface area contributed by atoms with Gasteiger partial charge in [-0.3, -0.25) is 14.9 Å². The summed E-state index contributed by atoms with van der Waals surface area (Å²) in [6.07, 6.45) is 2.07. The van der Waals surface area contributed by atoms with Crippen LogP contribution in [0.1, 0.15) is 29.4 Å². The van der Waals surface area contributed by atoms with Crippen molar-refractivity contribution in [1.82, 2.24) is 0 Å². The van der Waals surface area contributed by atoms with E-state index in [1.54, 1.807) is 24.3 Å². The Morgan fingerprint density at radius 3 is 2.71 bits per heavy atom. The molecule has 1 aromatic carbocycles. The Kier molecular flexibility index (Phi) is 4.80. The average Bonchev–Trinajstić information content (AvgIpc) is 3.10. The first-order valence-corrected chi connectivity index (χ1v) is 8.81. The summed E-state index contributed by atoms with van der Waals surface area (Å²) in [5.41, 5.74) is 1.10. The molecule has 24 heavy (non-hydrogen) atoms. The molecule has 1 amide bonds. The van der Waals surface area contributed by atoms with Crippen LogP contribution in [0.4, 0.5) is 17.1 Å². The molecule has 6 nitrogen and oxygen atoms in total. The van der Waals surface area contributed by atoms with Crippen LogP contribution < -0.4 is 10.2 Å². The van der Waals surface area contributed by atoms with Crippen molar-refractivity contribution in [2.24, 2.45) is 5.92 Å². The number of carbonyl (C=O) groups excluding carboxylic acids is 1. The standard InChI is InChI=1S/C17H19N3O3S/c1-12-6-8-19(9-7-12)14-5-4-13(11-15(14)20(22)23)18-17(21)16-3-2-10-24-16/h2-5,10-12H,6-9H2,1H3,(H,18,21). The molecule has 0 bridgehead atoms. The van der Waals surface area contributed by atoms with Gasteiger partial charge in [0, 0.05) is 24.8 Å². The van der Waals surface area contributed by atoms with Crippen LogP contribution >= 0.6 is 11.3 Å². The number of amides is 1. The highest BCUT2D eigenvalue weighted by atomic mass is 32.1. The second-order valence-electron chi connectivity index (χ2n) is 6.06. The predicted molar refractivity (Wildman–Crippen MR) is 96.0 cm³/mol. The Bertz CT molecular complexity index is 738. The number of nitro benzene ring substituents is 1. The number of benzene rings is 1. The number of anilines is 2. The van der Waals surface area contributed by atoms with Gasteiger partial charge in [0.1, 0.15) is 5.69 Å². The first-order valence-electron chi connectivity index (χ1n) is 7.93. The molecule has 3 rings (SSSR count). The van der Waals surface area contributed by atoms with Gasteiger partial charge in [-0.05, 0) is 42.3 Å². The molecule has 0 saturated carbocycles. The minimum absolute atomic E-state index is 0.0357. The van der Waals surface area contributed by atoms with Crippen molar-refractivity contribution in [3.05, 3.63) is 50.7 Å². The van der Waals surface area contributed by atoms with E-state index in [0.717, 1.165) is 25.9 Å². The third kappa shape index (κ3) is 3.56. The summed E-state index contributed by atoms with van der Waals surface area (Å²) in [7, 11) is 0. The van der Waals surface area contributed by atoms with Crippen LogP contribution in [0.25, 0.3) is 0 Å². The quantitative estimate of drug-likeness (QED) is 0.667. The minimum Gasteiger partial charge on any atom is -0.366 e. The highest BCUT2D eigenvalue weighted by molar-refractivity contribution is 7.12. The van der Waals surface area contributed by atoms with Crippen LogP contribution in [0.15, 0.2) is 35.7 Å². The van der Waals surface area contributed by atoms with Gasteiger partial charge < -0.3 is 10.2 Å². The van der Waals surface area contributed by atoms with Crippen molar-refractivity contribution < 1.29 is 9.72 Å². The van der Waals surface area contributed by atoms with Crippen molar-refractivity contribution in [2.75, 3.05) is 23.3 Å². The SMILES string of the molecule is CC1CCN(c2ccc(NC(=O)c3cccs3)cc2[N+](=O)[O-])CC1. The topological polar surface area (TPSA) is 75.5 Å². The molecule has 1 saturated heterocycles. The maximum atomic E-state index is 12.1. The van der Waals surface area contributed by atoms with E-state index in [9.17, 15) is 14.9 Å². The zero-order valence-electron chi connectivity index (χ0n) is 13.4. The number of nitrogens with zero attached hydrogens (tertiary/aromatic N) is 2. The van der Waals surface area contributed by atoms with E-state index in [2.05, 4.69) is 17.1 Å². The molecule has 7 heteroatoms. The van der Waals surface area contributed by atoms with E-state index in [0.29, 0.717) is 22.2 Å². The summed E-state index contributed by atoms with van der Waals surface area (Å²) in [6, 6.07) is 8.42. The molecule has 2 heterocycles. The van der Waals surface area contributed by atoms with E-state index in [4.69, 9.17) is 0 Å². The number of carbonyl (C=O) groups is 1. The summed E-state index contributed by atoms with van der Waals surface area (Å²) < 4.78 is 0. The Balaban J connectivity index is 1.82. The van der Waals surface area contributed by atoms with Gasteiger partial charge in [-0.2, -0.15) is 0 Å². The highest BCUT2D eigenvalue weighted by Gasteiger charge is 2.24. The molecule has 0 aliphatic carbocycles. The number of hydrogen-bond acceptors (Lipinski definition) is 5. The second kappa shape index (κ2) is 7.00. The Morgan fingerprint density at radius 2 is 2.08 bits per heavy atom. The van der Waals surface area contributed by atoms with Gasteiger partial charge in [0.2, 0.25) is 0 Å². The predicted octanol–water partition coefficient (Wildman–Crippen LogP) is 4.14. The summed E-state index contributed by atoms with van der Waals surface area (Å²) in [5, 5.41) is 16.0. The fourth-order valence-electron chi connectivity index (χ4n) is 2.86. The molecule has 1 N–H and O–H groups in total. The molecule has 1 aliphatic rings. The molecule has 1 aliphatic heterocycles. The van der Waals surface area contributed by atoms with Crippen LogP contribution in [0.5, 0.6) is 0 Å². The third-order valence-electron chi connectivity index (χ3n) is 4.30. The fraction of sp³-hybridized carbons (Fsp3) is 0.353. The number of thiophene rings is 1. The lowest BCUT2D eigenvalue weighted by molar-refractivity contribution is -0.384. The zero-order valence-corrected chi connectivity index (χ0v) is 14.2. The number of nitrogens with one attached hydrogen (secondary N) is 1. The molecule has 0 radical (unpaired) electrons. The van der Waals surface area contributed by atoms with E-state index in [1.807, 2.05) is 5.38 Å². The molecule has 2 aromatic rings. The van der Waals surface area contributed by atoms with Crippen molar-refractivity contribution in [3.8, 4) is 0 Å². The van der Waals surface area contributed by atoms with Crippen LogP contribution in [0.2, 0.25) is 0 Å². The second-order valence-corrected chi connectivity index (χ2v) is 7.01. The van der Waals surface area contributed by atoms with Gasteiger partial charge in [0.15, 0.2) is 0 Å². The minimum atomic E-state index is -0.381. The monoisotopic (exact) mass is 345 g/mol. The number of hydrogen-bond donors (Lipinski definition) is 1. The summed E-state index contributed by atoms with van der Waals surface area (Å²) >= 11 is 1.33. The molecular weight excluding hydrogens is 326 g/mol. The summed E-state index contributed by atoms with van der Waals surface area (Å²) in [4.78, 5) is 25.8. The van der Waals surface area contributed by atoms with Crippen LogP contribution in [-0.4, -0.2) is 23.9 Å². The molecule has 0 unspecified atom stereocenters. The van der Waals surface area contributed by atoms with Gasteiger partial charge in [-0.1, -0.05) is 13.0 Å². The molecule has 0 spiro atoms. The Morgan fingerprint density at radius 1 is 1.33 bits per heavy atom.